The zero-order chi connectivity index (χ0) is 15.3. The van der Waals surface area contributed by atoms with E-state index in [-0.39, 0.29) is 24.6 Å². The van der Waals surface area contributed by atoms with Crippen LogP contribution in [0.2, 0.25) is 0 Å². The number of nitrogens with zero attached hydrogens (tertiary/aromatic N) is 4. The molecule has 8 nitrogen and oxygen atoms in total. The topological polar surface area (TPSA) is 120 Å². The molecule has 0 aliphatic heterocycles. The first-order chi connectivity index (χ1) is 9.27. The van der Waals surface area contributed by atoms with E-state index >= 15 is 0 Å². The monoisotopic (exact) mass is 282 g/mol. The lowest BCUT2D eigenvalue weighted by molar-refractivity contribution is -0.116. The van der Waals surface area contributed by atoms with Crippen molar-refractivity contribution >= 4 is 17.8 Å². The predicted octanol–water partition coefficient (Wildman–Crippen LogP) is 0.189. The molecule has 1 heterocycles. The Kier molecular flexibility index (Phi) is 5.48. The van der Waals surface area contributed by atoms with E-state index in [9.17, 15) is 4.79 Å². The third-order valence-corrected chi connectivity index (χ3v) is 2.18. The van der Waals surface area contributed by atoms with Crippen molar-refractivity contribution in [2.75, 3.05) is 23.7 Å². The van der Waals surface area contributed by atoms with Crippen LogP contribution in [-0.4, -0.2) is 40.1 Å². The Morgan fingerprint density at radius 3 is 2.40 bits per heavy atom. The molecule has 4 N–H and O–H groups in total. The fraction of sp³-hybridized carbons (Fsp3) is 0.667. The van der Waals surface area contributed by atoms with Crippen LogP contribution in [0, 0.1) is 5.92 Å². The first-order valence-corrected chi connectivity index (χ1v) is 6.49. The zero-order valence-electron chi connectivity index (χ0n) is 12.3. The van der Waals surface area contributed by atoms with Crippen LogP contribution in [0.5, 0.6) is 6.01 Å². The Bertz CT molecular complexity index is 463. The number of carbonyl (C=O) groups excluding carboxylic acids is 1. The van der Waals surface area contributed by atoms with E-state index in [1.54, 1.807) is 4.90 Å². The zero-order valence-corrected chi connectivity index (χ0v) is 12.3. The second-order valence-corrected chi connectivity index (χ2v) is 5.18. The van der Waals surface area contributed by atoms with Crippen LogP contribution < -0.4 is 21.1 Å². The van der Waals surface area contributed by atoms with Crippen LogP contribution in [0.1, 0.15) is 27.7 Å². The lowest BCUT2D eigenvalue weighted by Crippen LogP contribution is -2.37. The number of hydrogen-bond acceptors (Lipinski definition) is 7. The summed E-state index contributed by atoms with van der Waals surface area (Å²) in [5.74, 6) is 0.183. The van der Waals surface area contributed by atoms with Crippen LogP contribution >= 0.6 is 0 Å². The molecule has 1 rings (SSSR count). The average molecular weight is 282 g/mol. The van der Waals surface area contributed by atoms with Gasteiger partial charge in [-0.05, 0) is 19.8 Å². The third-order valence-electron chi connectivity index (χ3n) is 2.18. The fourth-order valence-corrected chi connectivity index (χ4v) is 1.61. The normalized spacial score (nSPS) is 10.9. The predicted molar refractivity (Wildman–Crippen MR) is 76.2 cm³/mol. The summed E-state index contributed by atoms with van der Waals surface area (Å²) in [7, 11) is 0. The number of hydrogen-bond donors (Lipinski definition) is 2. The Balaban J connectivity index is 3.04. The second-order valence-electron chi connectivity index (χ2n) is 5.18. The first kappa shape index (κ1) is 15.9. The molecule has 8 heteroatoms. The van der Waals surface area contributed by atoms with Gasteiger partial charge in [-0.2, -0.15) is 15.0 Å². The van der Waals surface area contributed by atoms with Crippen LogP contribution in [0.25, 0.3) is 0 Å². The van der Waals surface area contributed by atoms with Crippen molar-refractivity contribution < 1.29 is 9.53 Å². The largest absolute Gasteiger partial charge is 0.461 e. The van der Waals surface area contributed by atoms with Gasteiger partial charge in [0.05, 0.1) is 12.6 Å². The molecule has 1 amide bonds. The van der Waals surface area contributed by atoms with Crippen molar-refractivity contribution in [3.63, 3.8) is 0 Å². The molecule has 1 aromatic heterocycles. The highest BCUT2D eigenvalue weighted by molar-refractivity contribution is 5.78. The van der Waals surface area contributed by atoms with E-state index in [4.69, 9.17) is 16.2 Å². The minimum absolute atomic E-state index is 0.0166. The van der Waals surface area contributed by atoms with Crippen molar-refractivity contribution in [1.82, 2.24) is 15.0 Å². The van der Waals surface area contributed by atoms with Crippen LogP contribution in [0.4, 0.5) is 11.9 Å². The van der Waals surface area contributed by atoms with Gasteiger partial charge in [0.1, 0.15) is 0 Å². The Morgan fingerprint density at radius 2 is 1.90 bits per heavy atom. The van der Waals surface area contributed by atoms with Gasteiger partial charge in [-0.1, -0.05) is 13.8 Å². The van der Waals surface area contributed by atoms with Crippen molar-refractivity contribution in [2.45, 2.75) is 33.8 Å². The SMILES string of the molecule is CC(C)CN(CC(N)=O)c1nc(N)nc(OC(C)C)n1. The highest BCUT2D eigenvalue weighted by Gasteiger charge is 2.17. The molecule has 0 aliphatic carbocycles. The molecular formula is C12H22N6O2. The number of rotatable bonds is 7. The Hall–Kier alpha value is -2.12. The molecule has 0 bridgehead atoms. The van der Waals surface area contributed by atoms with Gasteiger partial charge in [-0.3, -0.25) is 4.79 Å². The van der Waals surface area contributed by atoms with E-state index in [1.165, 1.54) is 0 Å². The molecule has 112 valence electrons. The summed E-state index contributed by atoms with van der Waals surface area (Å²) in [5, 5.41) is 0. The van der Waals surface area contributed by atoms with E-state index in [0.717, 1.165) is 0 Å². The standard InChI is InChI=1S/C12H22N6O2/c1-7(2)5-18(6-9(13)19)11-15-10(14)16-12(17-11)20-8(3)4/h7-8H,5-6H2,1-4H3,(H2,13,19)(H2,14,15,16,17). The van der Waals surface area contributed by atoms with Crippen molar-refractivity contribution in [1.29, 1.82) is 0 Å². The van der Waals surface area contributed by atoms with Crippen LogP contribution in [-0.2, 0) is 4.79 Å². The van der Waals surface area contributed by atoms with Crippen molar-refractivity contribution in [3.05, 3.63) is 0 Å². The minimum Gasteiger partial charge on any atom is -0.461 e. The van der Waals surface area contributed by atoms with E-state index in [2.05, 4.69) is 15.0 Å². The first-order valence-electron chi connectivity index (χ1n) is 6.49. The summed E-state index contributed by atoms with van der Waals surface area (Å²) in [6.07, 6.45) is -0.0839. The molecule has 0 unspecified atom stereocenters. The number of aromatic nitrogens is 3. The van der Waals surface area contributed by atoms with Crippen molar-refractivity contribution in [2.24, 2.45) is 11.7 Å². The number of nitrogen functional groups attached to an aromatic ring is 1. The number of primary amides is 1. The number of anilines is 2. The van der Waals surface area contributed by atoms with Gasteiger partial charge in [-0.25, -0.2) is 0 Å². The maximum atomic E-state index is 11.2. The number of amides is 1. The van der Waals surface area contributed by atoms with E-state index < -0.39 is 5.91 Å². The Morgan fingerprint density at radius 1 is 1.25 bits per heavy atom. The molecule has 0 saturated heterocycles. The second kappa shape index (κ2) is 6.88. The number of nitrogens with two attached hydrogens (primary N) is 2. The van der Waals surface area contributed by atoms with Gasteiger partial charge in [0.15, 0.2) is 0 Å². The molecule has 0 radical (unpaired) electrons. The molecule has 0 aromatic carbocycles. The van der Waals surface area contributed by atoms with Gasteiger partial charge in [-0.15, -0.1) is 0 Å². The maximum absolute atomic E-state index is 11.2. The highest BCUT2D eigenvalue weighted by atomic mass is 16.5. The van der Waals surface area contributed by atoms with Gasteiger partial charge < -0.3 is 21.1 Å². The molecule has 20 heavy (non-hydrogen) atoms. The highest BCUT2D eigenvalue weighted by Crippen LogP contribution is 2.15. The smallest absolute Gasteiger partial charge is 0.323 e. The lowest BCUT2D eigenvalue weighted by atomic mass is 10.2. The van der Waals surface area contributed by atoms with E-state index in [0.29, 0.717) is 18.4 Å². The summed E-state index contributed by atoms with van der Waals surface area (Å²) in [4.78, 5) is 24.9. The Labute approximate surface area is 118 Å². The molecule has 0 aliphatic rings. The molecule has 0 spiro atoms. The van der Waals surface area contributed by atoms with Gasteiger partial charge in [0.25, 0.3) is 0 Å². The maximum Gasteiger partial charge on any atom is 0.323 e. The minimum atomic E-state index is -0.462. The quantitative estimate of drug-likeness (QED) is 0.732. The number of carbonyl (C=O) groups is 1. The van der Waals surface area contributed by atoms with Crippen LogP contribution in [0.3, 0.4) is 0 Å². The molecule has 0 saturated carbocycles. The molecular weight excluding hydrogens is 260 g/mol. The summed E-state index contributed by atoms with van der Waals surface area (Å²) >= 11 is 0. The summed E-state index contributed by atoms with van der Waals surface area (Å²) < 4.78 is 5.41. The molecule has 0 fully saturated rings. The van der Waals surface area contributed by atoms with Gasteiger partial charge in [0.2, 0.25) is 17.8 Å². The summed E-state index contributed by atoms with van der Waals surface area (Å²) in [6.45, 7) is 8.34. The molecule has 0 atom stereocenters. The fourth-order valence-electron chi connectivity index (χ4n) is 1.61. The van der Waals surface area contributed by atoms with Gasteiger partial charge >= 0.3 is 6.01 Å². The van der Waals surface area contributed by atoms with Crippen molar-refractivity contribution in [3.8, 4) is 6.01 Å². The van der Waals surface area contributed by atoms with Gasteiger partial charge in [0, 0.05) is 6.54 Å². The number of ether oxygens (including phenoxy) is 1. The third kappa shape index (κ3) is 5.25. The summed E-state index contributed by atoms with van der Waals surface area (Å²) in [6, 6.07) is 0.140. The summed E-state index contributed by atoms with van der Waals surface area (Å²) in [5.41, 5.74) is 10.9. The molecule has 1 aromatic rings. The average Bonchev–Trinajstić information content (AvgIpc) is 2.24. The van der Waals surface area contributed by atoms with Crippen LogP contribution in [0.15, 0.2) is 0 Å². The lowest BCUT2D eigenvalue weighted by Gasteiger charge is -2.23. The van der Waals surface area contributed by atoms with E-state index in [1.807, 2.05) is 27.7 Å².